The van der Waals surface area contributed by atoms with Crippen LogP contribution in [0.2, 0.25) is 0 Å². The molecule has 0 bridgehead atoms. The third-order valence-electron chi connectivity index (χ3n) is 2.67. The maximum atomic E-state index is 12.9. The molecule has 1 aromatic rings. The zero-order valence-electron chi connectivity index (χ0n) is 8.62. The average Bonchev–Trinajstić information content (AvgIpc) is 2.64. The van der Waals surface area contributed by atoms with Gasteiger partial charge in [0.2, 0.25) is 0 Å². The van der Waals surface area contributed by atoms with E-state index >= 15 is 0 Å². The summed E-state index contributed by atoms with van der Waals surface area (Å²) in [5.74, 6) is -0.457. The van der Waals surface area contributed by atoms with Gasteiger partial charge in [0.15, 0.2) is 0 Å². The van der Waals surface area contributed by atoms with Gasteiger partial charge < -0.3 is 10.6 Å². The van der Waals surface area contributed by atoms with Crippen LogP contribution in [0.5, 0.6) is 0 Å². The summed E-state index contributed by atoms with van der Waals surface area (Å²) in [5, 5.41) is 0. The Labute approximate surface area is 102 Å². The molecule has 1 aliphatic rings. The van der Waals surface area contributed by atoms with Gasteiger partial charge in [-0.2, -0.15) is 0 Å². The van der Waals surface area contributed by atoms with Crippen LogP contribution in [0.4, 0.5) is 4.39 Å². The minimum absolute atomic E-state index is 0.0585. The minimum Gasteiger partial charge on any atom is -0.337 e. The molecule has 1 atom stereocenters. The summed E-state index contributed by atoms with van der Waals surface area (Å²) < 4.78 is 13.4. The molecule has 3 nitrogen and oxygen atoms in total. The smallest absolute Gasteiger partial charge is 0.255 e. The summed E-state index contributed by atoms with van der Waals surface area (Å²) in [5.41, 5.74) is 6.22. The van der Waals surface area contributed by atoms with E-state index in [2.05, 4.69) is 15.9 Å². The highest BCUT2D eigenvalue weighted by Gasteiger charge is 2.25. The Balaban J connectivity index is 2.21. The van der Waals surface area contributed by atoms with Crippen LogP contribution in [-0.2, 0) is 0 Å². The van der Waals surface area contributed by atoms with Crippen molar-refractivity contribution < 1.29 is 9.18 Å². The number of nitrogens with two attached hydrogens (primary N) is 1. The Morgan fingerprint density at radius 2 is 2.31 bits per heavy atom. The number of nitrogens with zero attached hydrogens (tertiary/aromatic N) is 1. The highest BCUT2D eigenvalue weighted by atomic mass is 79.9. The number of hydrogen-bond donors (Lipinski definition) is 1. The lowest BCUT2D eigenvalue weighted by molar-refractivity contribution is 0.0790. The highest BCUT2D eigenvalue weighted by molar-refractivity contribution is 9.10. The molecule has 0 aliphatic carbocycles. The van der Waals surface area contributed by atoms with E-state index in [0.29, 0.717) is 23.1 Å². The molecule has 16 heavy (non-hydrogen) atoms. The van der Waals surface area contributed by atoms with Gasteiger partial charge in [-0.05, 0) is 40.5 Å². The Hall–Kier alpha value is -0.940. The number of carbonyl (C=O) groups is 1. The van der Waals surface area contributed by atoms with Crippen LogP contribution >= 0.6 is 15.9 Å². The van der Waals surface area contributed by atoms with Crippen molar-refractivity contribution in [1.29, 1.82) is 0 Å². The van der Waals surface area contributed by atoms with Gasteiger partial charge in [-0.15, -0.1) is 0 Å². The molecular weight excluding hydrogens is 275 g/mol. The molecule has 5 heteroatoms. The normalized spacial score (nSPS) is 20.2. The van der Waals surface area contributed by atoms with Crippen LogP contribution in [0.25, 0.3) is 0 Å². The largest absolute Gasteiger partial charge is 0.337 e. The first-order chi connectivity index (χ1) is 7.58. The van der Waals surface area contributed by atoms with Crippen LogP contribution in [0.3, 0.4) is 0 Å². The monoisotopic (exact) mass is 286 g/mol. The molecular formula is C11H12BrFN2O. The van der Waals surface area contributed by atoms with Crippen molar-refractivity contribution in [2.75, 3.05) is 13.1 Å². The van der Waals surface area contributed by atoms with E-state index in [9.17, 15) is 9.18 Å². The van der Waals surface area contributed by atoms with Crippen molar-refractivity contribution in [2.24, 2.45) is 5.73 Å². The lowest BCUT2D eigenvalue weighted by Crippen LogP contribution is -2.32. The maximum Gasteiger partial charge on any atom is 0.255 e. The molecule has 2 rings (SSSR count). The predicted molar refractivity (Wildman–Crippen MR) is 62.6 cm³/mol. The summed E-state index contributed by atoms with van der Waals surface area (Å²) in [7, 11) is 0. The zero-order chi connectivity index (χ0) is 11.7. The molecule has 0 unspecified atom stereocenters. The second kappa shape index (κ2) is 4.51. The van der Waals surface area contributed by atoms with Crippen molar-refractivity contribution in [3.63, 3.8) is 0 Å². The lowest BCUT2D eigenvalue weighted by atomic mass is 10.2. The maximum absolute atomic E-state index is 12.9. The topological polar surface area (TPSA) is 46.3 Å². The molecule has 86 valence electrons. The van der Waals surface area contributed by atoms with Gasteiger partial charge in [-0.3, -0.25) is 4.79 Å². The fourth-order valence-electron chi connectivity index (χ4n) is 1.81. The summed E-state index contributed by atoms with van der Waals surface area (Å²) in [6.45, 7) is 1.24. The van der Waals surface area contributed by atoms with Crippen molar-refractivity contribution in [1.82, 2.24) is 4.90 Å². The number of likely N-dealkylation sites (tertiary alicyclic amines) is 1. The summed E-state index contributed by atoms with van der Waals surface area (Å²) >= 11 is 3.19. The third-order valence-corrected chi connectivity index (χ3v) is 3.33. The molecule has 1 fully saturated rings. The zero-order valence-corrected chi connectivity index (χ0v) is 10.2. The summed E-state index contributed by atoms with van der Waals surface area (Å²) in [6, 6.07) is 4.13. The van der Waals surface area contributed by atoms with Crippen molar-refractivity contribution in [2.45, 2.75) is 12.5 Å². The standard InChI is InChI=1S/C11H12BrFN2O/c12-10-5-7(13)1-2-9(10)11(16)15-4-3-8(14)6-15/h1-2,5,8H,3-4,6,14H2/t8-/m1/s1. The SMILES string of the molecule is N[C@@H]1CCN(C(=O)c2ccc(F)cc2Br)C1. The number of carbonyl (C=O) groups excluding carboxylic acids is 1. The Morgan fingerprint density at radius 3 is 2.88 bits per heavy atom. The fraction of sp³-hybridized carbons (Fsp3) is 0.364. The number of amides is 1. The first-order valence-corrected chi connectivity index (χ1v) is 5.87. The number of hydrogen-bond acceptors (Lipinski definition) is 2. The average molecular weight is 287 g/mol. The number of benzene rings is 1. The lowest BCUT2D eigenvalue weighted by Gasteiger charge is -2.16. The quantitative estimate of drug-likeness (QED) is 0.855. The molecule has 1 aliphatic heterocycles. The summed E-state index contributed by atoms with van der Waals surface area (Å²) in [4.78, 5) is 13.7. The van der Waals surface area contributed by atoms with E-state index < -0.39 is 0 Å². The van der Waals surface area contributed by atoms with E-state index in [1.807, 2.05) is 0 Å². The van der Waals surface area contributed by atoms with Gasteiger partial charge in [-0.25, -0.2) is 4.39 Å². The minimum atomic E-state index is -0.360. The van der Waals surface area contributed by atoms with Crippen molar-refractivity contribution in [3.05, 3.63) is 34.1 Å². The second-order valence-corrected chi connectivity index (χ2v) is 4.78. The van der Waals surface area contributed by atoms with Gasteiger partial charge >= 0.3 is 0 Å². The van der Waals surface area contributed by atoms with Crippen LogP contribution in [-0.4, -0.2) is 29.9 Å². The number of rotatable bonds is 1. The van der Waals surface area contributed by atoms with Crippen LogP contribution in [0, 0.1) is 5.82 Å². The van der Waals surface area contributed by atoms with E-state index in [1.165, 1.54) is 18.2 Å². The second-order valence-electron chi connectivity index (χ2n) is 3.92. The molecule has 1 saturated heterocycles. The van der Waals surface area contributed by atoms with Gasteiger partial charge in [0, 0.05) is 23.6 Å². The van der Waals surface area contributed by atoms with E-state index in [-0.39, 0.29) is 17.8 Å². The molecule has 0 saturated carbocycles. The van der Waals surface area contributed by atoms with Crippen LogP contribution in [0.15, 0.2) is 22.7 Å². The Kier molecular flexibility index (Phi) is 3.25. The molecule has 0 radical (unpaired) electrons. The van der Waals surface area contributed by atoms with Crippen molar-refractivity contribution >= 4 is 21.8 Å². The molecule has 1 heterocycles. The fourth-order valence-corrected chi connectivity index (χ4v) is 2.33. The first-order valence-electron chi connectivity index (χ1n) is 5.08. The van der Waals surface area contributed by atoms with Gasteiger partial charge in [0.25, 0.3) is 5.91 Å². The van der Waals surface area contributed by atoms with E-state index in [1.54, 1.807) is 4.90 Å². The molecule has 1 aromatic carbocycles. The predicted octanol–water partition coefficient (Wildman–Crippen LogP) is 1.76. The van der Waals surface area contributed by atoms with Crippen LogP contribution in [0.1, 0.15) is 16.8 Å². The summed E-state index contributed by atoms with van der Waals surface area (Å²) in [6.07, 6.45) is 0.824. The Bertz CT molecular complexity index is 424. The van der Waals surface area contributed by atoms with Crippen molar-refractivity contribution in [3.8, 4) is 0 Å². The highest BCUT2D eigenvalue weighted by Crippen LogP contribution is 2.21. The van der Waals surface area contributed by atoms with E-state index in [0.717, 1.165) is 6.42 Å². The molecule has 2 N–H and O–H groups in total. The number of halogens is 2. The van der Waals surface area contributed by atoms with E-state index in [4.69, 9.17) is 5.73 Å². The molecule has 0 spiro atoms. The van der Waals surface area contributed by atoms with Gasteiger partial charge in [0.05, 0.1) is 5.56 Å². The first kappa shape index (κ1) is 11.5. The third kappa shape index (κ3) is 2.25. The van der Waals surface area contributed by atoms with Gasteiger partial charge in [-0.1, -0.05) is 0 Å². The molecule has 0 aromatic heterocycles. The van der Waals surface area contributed by atoms with Gasteiger partial charge in [0.1, 0.15) is 5.82 Å². The molecule has 1 amide bonds. The van der Waals surface area contributed by atoms with Crippen LogP contribution < -0.4 is 5.73 Å². The Morgan fingerprint density at radius 1 is 1.56 bits per heavy atom.